The Labute approximate surface area is 130 Å². The first-order valence-electron chi connectivity index (χ1n) is 7.84. The lowest BCUT2D eigenvalue weighted by atomic mass is 9.95. The molecule has 1 aromatic carbocycles. The Morgan fingerprint density at radius 1 is 1.32 bits per heavy atom. The van der Waals surface area contributed by atoms with Gasteiger partial charge in [-0.25, -0.2) is 4.98 Å². The van der Waals surface area contributed by atoms with E-state index in [0.29, 0.717) is 25.0 Å². The van der Waals surface area contributed by atoms with Gasteiger partial charge in [0.1, 0.15) is 0 Å². The highest BCUT2D eigenvalue weighted by molar-refractivity contribution is 5.91. The normalized spacial score (nSPS) is 21.0. The Kier molecular flexibility index (Phi) is 4.53. The Balaban J connectivity index is 1.68. The van der Waals surface area contributed by atoms with Gasteiger partial charge in [0.15, 0.2) is 0 Å². The second-order valence-electron chi connectivity index (χ2n) is 5.89. The number of nitrogens with zero attached hydrogens (tertiary/aromatic N) is 2. The molecule has 0 saturated heterocycles. The lowest BCUT2D eigenvalue weighted by molar-refractivity contribution is -0.120. The molecule has 1 fully saturated rings. The molecule has 0 radical (unpaired) electrons. The highest BCUT2D eigenvalue weighted by Crippen LogP contribution is 2.31. The molecule has 3 rings (SSSR count). The molecule has 1 heterocycles. The Bertz CT molecular complexity index is 623. The highest BCUT2D eigenvalue weighted by atomic mass is 16.2. The van der Waals surface area contributed by atoms with Crippen LogP contribution in [0, 0.1) is 11.8 Å². The van der Waals surface area contributed by atoms with Crippen molar-refractivity contribution in [3.8, 4) is 0 Å². The quantitative estimate of drug-likeness (QED) is 0.889. The number of anilines is 1. The van der Waals surface area contributed by atoms with Gasteiger partial charge in [0.05, 0.1) is 6.54 Å². The zero-order valence-electron chi connectivity index (χ0n) is 12.6. The highest BCUT2D eigenvalue weighted by Gasteiger charge is 2.32. The molecule has 1 aromatic heterocycles. The Morgan fingerprint density at radius 2 is 2.14 bits per heavy atom. The average Bonchev–Trinajstić information content (AvgIpc) is 3.18. The van der Waals surface area contributed by atoms with E-state index in [1.54, 1.807) is 6.20 Å². The molecule has 1 amide bonds. The molecule has 0 bridgehead atoms. The zero-order chi connectivity index (χ0) is 15.4. The van der Waals surface area contributed by atoms with E-state index in [0.717, 1.165) is 19.3 Å². The van der Waals surface area contributed by atoms with Crippen molar-refractivity contribution in [3.05, 3.63) is 48.3 Å². The van der Waals surface area contributed by atoms with Crippen LogP contribution in [-0.4, -0.2) is 22.0 Å². The number of benzene rings is 1. The van der Waals surface area contributed by atoms with Gasteiger partial charge in [-0.1, -0.05) is 36.8 Å². The van der Waals surface area contributed by atoms with Crippen molar-refractivity contribution in [2.24, 2.45) is 17.6 Å². The number of imidazole rings is 1. The summed E-state index contributed by atoms with van der Waals surface area (Å²) in [4.78, 5) is 16.7. The van der Waals surface area contributed by atoms with Gasteiger partial charge in [-0.2, -0.15) is 0 Å². The fourth-order valence-electron chi connectivity index (χ4n) is 3.21. The van der Waals surface area contributed by atoms with Crippen LogP contribution >= 0.6 is 0 Å². The van der Waals surface area contributed by atoms with E-state index < -0.39 is 0 Å². The fourth-order valence-corrected chi connectivity index (χ4v) is 3.21. The summed E-state index contributed by atoms with van der Waals surface area (Å²) in [5.41, 5.74) is 6.94. The Morgan fingerprint density at radius 3 is 2.91 bits per heavy atom. The molecule has 0 unspecified atom stereocenters. The second kappa shape index (κ2) is 6.75. The number of aromatic nitrogens is 2. The first-order chi connectivity index (χ1) is 10.8. The van der Waals surface area contributed by atoms with E-state index in [2.05, 4.69) is 22.4 Å². The van der Waals surface area contributed by atoms with Crippen LogP contribution < -0.4 is 11.1 Å². The van der Waals surface area contributed by atoms with Gasteiger partial charge in [-0.3, -0.25) is 10.1 Å². The lowest BCUT2D eigenvalue weighted by Crippen LogP contribution is -2.30. The first-order valence-corrected chi connectivity index (χ1v) is 7.84. The maximum absolute atomic E-state index is 12.5. The van der Waals surface area contributed by atoms with Crippen molar-refractivity contribution in [1.82, 2.24) is 9.55 Å². The van der Waals surface area contributed by atoms with Gasteiger partial charge in [0, 0.05) is 18.3 Å². The van der Waals surface area contributed by atoms with Crippen molar-refractivity contribution < 1.29 is 4.79 Å². The van der Waals surface area contributed by atoms with E-state index in [9.17, 15) is 4.79 Å². The molecule has 0 aliphatic heterocycles. The molecule has 5 heteroatoms. The minimum Gasteiger partial charge on any atom is -0.330 e. The van der Waals surface area contributed by atoms with Gasteiger partial charge < -0.3 is 10.3 Å². The average molecular weight is 298 g/mol. The topological polar surface area (TPSA) is 72.9 Å². The third-order valence-electron chi connectivity index (χ3n) is 4.44. The van der Waals surface area contributed by atoms with Crippen LogP contribution in [-0.2, 0) is 11.3 Å². The van der Waals surface area contributed by atoms with E-state index in [1.807, 2.05) is 29.0 Å². The molecule has 2 aromatic rings. The summed E-state index contributed by atoms with van der Waals surface area (Å²) in [5, 5.41) is 2.97. The number of nitrogens with two attached hydrogens (primary N) is 1. The number of amides is 1. The minimum atomic E-state index is 0.0203. The summed E-state index contributed by atoms with van der Waals surface area (Å²) in [5.74, 6) is 0.981. The van der Waals surface area contributed by atoms with E-state index >= 15 is 0 Å². The standard InChI is InChI=1S/C17H22N4O/c18-11-14-7-4-8-15(14)16(22)20-17-19-9-10-21(17)12-13-5-2-1-3-6-13/h1-3,5-6,9-10,14-15H,4,7-8,11-12,18H2,(H,19,20,22)/t14-,15-/m1/s1. The van der Waals surface area contributed by atoms with Gasteiger partial charge in [-0.05, 0) is 30.9 Å². The summed E-state index contributed by atoms with van der Waals surface area (Å²) in [6, 6.07) is 10.1. The molecular formula is C17H22N4O. The molecule has 5 nitrogen and oxygen atoms in total. The van der Waals surface area contributed by atoms with Gasteiger partial charge in [0.25, 0.3) is 0 Å². The van der Waals surface area contributed by atoms with Crippen molar-refractivity contribution in [1.29, 1.82) is 0 Å². The predicted molar refractivity (Wildman–Crippen MR) is 86.3 cm³/mol. The predicted octanol–water partition coefficient (Wildman–Crippen LogP) is 2.24. The summed E-state index contributed by atoms with van der Waals surface area (Å²) < 4.78 is 1.96. The van der Waals surface area contributed by atoms with Crippen molar-refractivity contribution >= 4 is 11.9 Å². The second-order valence-corrected chi connectivity index (χ2v) is 5.89. The Hall–Kier alpha value is -2.14. The lowest BCUT2D eigenvalue weighted by Gasteiger charge is -2.17. The summed E-state index contributed by atoms with van der Waals surface area (Å²) in [7, 11) is 0. The molecule has 116 valence electrons. The van der Waals surface area contributed by atoms with Crippen LogP contribution in [0.5, 0.6) is 0 Å². The van der Waals surface area contributed by atoms with Gasteiger partial charge in [0.2, 0.25) is 11.9 Å². The molecule has 22 heavy (non-hydrogen) atoms. The molecular weight excluding hydrogens is 276 g/mol. The largest absolute Gasteiger partial charge is 0.330 e. The van der Waals surface area contributed by atoms with E-state index in [-0.39, 0.29) is 11.8 Å². The molecule has 1 saturated carbocycles. The van der Waals surface area contributed by atoms with Crippen molar-refractivity contribution in [2.45, 2.75) is 25.8 Å². The summed E-state index contributed by atoms with van der Waals surface area (Å²) in [6.07, 6.45) is 6.66. The monoisotopic (exact) mass is 298 g/mol. The maximum Gasteiger partial charge on any atom is 0.230 e. The maximum atomic E-state index is 12.5. The molecule has 3 N–H and O–H groups in total. The molecule has 1 aliphatic rings. The fraction of sp³-hybridized carbons (Fsp3) is 0.412. The van der Waals surface area contributed by atoms with Crippen LogP contribution in [0.15, 0.2) is 42.7 Å². The number of carbonyl (C=O) groups is 1. The number of hydrogen-bond acceptors (Lipinski definition) is 3. The third-order valence-corrected chi connectivity index (χ3v) is 4.44. The van der Waals surface area contributed by atoms with Crippen LogP contribution in [0.2, 0.25) is 0 Å². The van der Waals surface area contributed by atoms with Gasteiger partial charge >= 0.3 is 0 Å². The number of carbonyl (C=O) groups excluding carboxylic acids is 1. The van der Waals surface area contributed by atoms with Crippen LogP contribution in [0.1, 0.15) is 24.8 Å². The summed E-state index contributed by atoms with van der Waals surface area (Å²) in [6.45, 7) is 1.28. The van der Waals surface area contributed by atoms with Crippen LogP contribution in [0.4, 0.5) is 5.95 Å². The third kappa shape index (κ3) is 3.20. The van der Waals surface area contributed by atoms with E-state index in [1.165, 1.54) is 5.56 Å². The number of hydrogen-bond donors (Lipinski definition) is 2. The zero-order valence-corrected chi connectivity index (χ0v) is 12.6. The molecule has 1 aliphatic carbocycles. The molecule has 0 spiro atoms. The SMILES string of the molecule is NC[C@H]1CCC[C@H]1C(=O)Nc1nccn1Cc1ccccc1. The minimum absolute atomic E-state index is 0.0203. The smallest absolute Gasteiger partial charge is 0.230 e. The molecule has 2 atom stereocenters. The summed E-state index contributed by atoms with van der Waals surface area (Å²) >= 11 is 0. The van der Waals surface area contributed by atoms with Crippen molar-refractivity contribution in [2.75, 3.05) is 11.9 Å². The number of rotatable bonds is 5. The van der Waals surface area contributed by atoms with Crippen molar-refractivity contribution in [3.63, 3.8) is 0 Å². The van der Waals surface area contributed by atoms with E-state index in [4.69, 9.17) is 5.73 Å². The van der Waals surface area contributed by atoms with Crippen LogP contribution in [0.3, 0.4) is 0 Å². The van der Waals surface area contributed by atoms with Crippen LogP contribution in [0.25, 0.3) is 0 Å². The van der Waals surface area contributed by atoms with Gasteiger partial charge in [-0.15, -0.1) is 0 Å². The number of nitrogens with one attached hydrogen (secondary N) is 1. The first kappa shape index (κ1) is 14.8.